The highest BCUT2D eigenvalue weighted by atomic mass is 35.5. The molecule has 2 aromatic carbocycles. The number of anilines is 1. The Hall–Kier alpha value is -2.31. The van der Waals surface area contributed by atoms with Crippen molar-refractivity contribution < 1.29 is 13.2 Å². The van der Waals surface area contributed by atoms with E-state index in [9.17, 15) is 13.2 Å². The zero-order valence-corrected chi connectivity index (χ0v) is 16.1. The second-order valence-electron chi connectivity index (χ2n) is 5.76. The number of halogens is 1. The first kappa shape index (κ1) is 18.5. The lowest BCUT2D eigenvalue weighted by molar-refractivity contribution is -0.116. The number of amides is 1. The number of sulfonamides is 1. The second kappa shape index (κ2) is 7.13. The van der Waals surface area contributed by atoms with Crippen molar-refractivity contribution >= 4 is 38.8 Å². The van der Waals surface area contributed by atoms with E-state index < -0.39 is 15.9 Å². The maximum atomic E-state index is 13.3. The summed E-state index contributed by atoms with van der Waals surface area (Å²) in [6, 6.07) is 14.1. The van der Waals surface area contributed by atoms with Gasteiger partial charge in [0.25, 0.3) is 15.9 Å². The van der Waals surface area contributed by atoms with Gasteiger partial charge in [-0.15, -0.1) is 0 Å². The third-order valence-corrected chi connectivity index (χ3v) is 6.34. The fraction of sp³-hybridized carbons (Fsp3) is 0.211. The number of carbonyl (C=O) groups excluding carboxylic acids is 1. The molecule has 0 aromatic heterocycles. The predicted octanol–water partition coefficient (Wildman–Crippen LogP) is 3.41. The minimum Gasteiger partial charge on any atom is -0.352 e. The molecule has 7 heteroatoms. The van der Waals surface area contributed by atoms with E-state index in [0.29, 0.717) is 34.0 Å². The van der Waals surface area contributed by atoms with E-state index in [1.807, 2.05) is 6.07 Å². The van der Waals surface area contributed by atoms with Gasteiger partial charge in [-0.2, -0.15) is 0 Å². The van der Waals surface area contributed by atoms with Gasteiger partial charge in [0.05, 0.1) is 5.69 Å². The van der Waals surface area contributed by atoms with Gasteiger partial charge in [-0.3, -0.25) is 9.10 Å². The van der Waals surface area contributed by atoms with E-state index in [1.54, 1.807) is 56.3 Å². The molecule has 0 saturated heterocycles. The molecule has 0 aliphatic carbocycles. The summed E-state index contributed by atoms with van der Waals surface area (Å²) in [7, 11) is -4.00. The number of fused-ring (bicyclic) bond motifs is 1. The second-order valence-corrected chi connectivity index (χ2v) is 8.00. The number of rotatable bonds is 4. The van der Waals surface area contributed by atoms with Crippen LogP contribution in [0.4, 0.5) is 5.69 Å². The van der Waals surface area contributed by atoms with Gasteiger partial charge < -0.3 is 5.32 Å². The predicted molar refractivity (Wildman–Crippen MR) is 105 cm³/mol. The molecule has 0 unspecified atom stereocenters. The largest absolute Gasteiger partial charge is 0.352 e. The van der Waals surface area contributed by atoms with Crippen LogP contribution in [0.3, 0.4) is 0 Å². The standard InChI is InChI=1S/C19H19ClN2O3S/c1-3-21-19(23)18-17(13-8-6-5-7-9-13)15-12-14(20)10-11-16(15)22(4-2)26(18,24)25/h5-12H,3-4H2,1-2H3,(H,21,23). The van der Waals surface area contributed by atoms with E-state index in [-0.39, 0.29) is 11.4 Å². The Morgan fingerprint density at radius 3 is 2.42 bits per heavy atom. The summed E-state index contributed by atoms with van der Waals surface area (Å²) in [5.74, 6) is -0.615. The van der Waals surface area contributed by atoms with Crippen molar-refractivity contribution in [2.45, 2.75) is 13.8 Å². The van der Waals surface area contributed by atoms with Gasteiger partial charge in [0.2, 0.25) is 0 Å². The normalized spacial score (nSPS) is 15.6. The molecule has 5 nitrogen and oxygen atoms in total. The molecule has 1 heterocycles. The van der Waals surface area contributed by atoms with Crippen molar-refractivity contribution in [2.75, 3.05) is 17.4 Å². The Labute approximate surface area is 158 Å². The minimum atomic E-state index is -4.00. The average Bonchev–Trinajstić information content (AvgIpc) is 2.61. The SMILES string of the molecule is CCNC(=O)C1=C(c2ccccc2)c2cc(Cl)ccc2N(CC)S1(=O)=O. The molecule has 2 aromatic rings. The molecule has 1 aliphatic rings. The molecule has 136 valence electrons. The number of nitrogens with zero attached hydrogens (tertiary/aromatic N) is 1. The summed E-state index contributed by atoms with van der Waals surface area (Å²) in [5, 5.41) is 3.10. The Bertz CT molecular complexity index is 985. The molecule has 26 heavy (non-hydrogen) atoms. The highest BCUT2D eigenvalue weighted by Crippen LogP contribution is 2.43. The molecular weight excluding hydrogens is 372 g/mol. The number of hydrogen-bond acceptors (Lipinski definition) is 3. The fourth-order valence-electron chi connectivity index (χ4n) is 3.12. The summed E-state index contributed by atoms with van der Waals surface area (Å²) >= 11 is 6.19. The van der Waals surface area contributed by atoms with Crippen LogP contribution in [-0.4, -0.2) is 27.4 Å². The van der Waals surface area contributed by atoms with Crippen LogP contribution in [0.15, 0.2) is 53.4 Å². The van der Waals surface area contributed by atoms with Gasteiger partial charge in [-0.1, -0.05) is 41.9 Å². The monoisotopic (exact) mass is 390 g/mol. The lowest BCUT2D eigenvalue weighted by Gasteiger charge is -2.32. The molecule has 3 rings (SSSR count). The van der Waals surface area contributed by atoms with Gasteiger partial charge >= 0.3 is 0 Å². The molecule has 0 fully saturated rings. The number of carbonyl (C=O) groups is 1. The van der Waals surface area contributed by atoms with Gasteiger partial charge in [-0.05, 0) is 37.6 Å². The van der Waals surface area contributed by atoms with Crippen LogP contribution in [0.2, 0.25) is 5.02 Å². The molecule has 0 radical (unpaired) electrons. The minimum absolute atomic E-state index is 0.210. The maximum Gasteiger partial charge on any atom is 0.270 e. The van der Waals surface area contributed by atoms with Gasteiger partial charge in [-0.25, -0.2) is 8.42 Å². The first-order valence-corrected chi connectivity index (χ1v) is 10.1. The lowest BCUT2D eigenvalue weighted by Crippen LogP contribution is -2.41. The van der Waals surface area contributed by atoms with Crippen molar-refractivity contribution in [3.05, 3.63) is 69.6 Å². The van der Waals surface area contributed by atoms with E-state index in [2.05, 4.69) is 5.32 Å². The third kappa shape index (κ3) is 2.99. The van der Waals surface area contributed by atoms with Gasteiger partial charge in [0, 0.05) is 29.2 Å². The highest BCUT2D eigenvalue weighted by molar-refractivity contribution is 7.97. The topological polar surface area (TPSA) is 66.5 Å². The van der Waals surface area contributed by atoms with Crippen LogP contribution in [0.25, 0.3) is 5.57 Å². The zero-order valence-electron chi connectivity index (χ0n) is 14.5. The van der Waals surface area contributed by atoms with Crippen molar-refractivity contribution in [3.63, 3.8) is 0 Å². The Morgan fingerprint density at radius 1 is 1.12 bits per heavy atom. The van der Waals surface area contributed by atoms with E-state index in [0.717, 1.165) is 0 Å². The van der Waals surface area contributed by atoms with E-state index in [4.69, 9.17) is 11.6 Å². The van der Waals surface area contributed by atoms with Gasteiger partial charge in [0.1, 0.15) is 0 Å². The van der Waals surface area contributed by atoms with E-state index >= 15 is 0 Å². The maximum absolute atomic E-state index is 13.3. The number of benzene rings is 2. The lowest BCUT2D eigenvalue weighted by atomic mass is 9.95. The van der Waals surface area contributed by atoms with Crippen LogP contribution < -0.4 is 9.62 Å². The Morgan fingerprint density at radius 2 is 1.81 bits per heavy atom. The average molecular weight is 391 g/mol. The summed E-state index contributed by atoms with van der Waals surface area (Å²) in [5.41, 5.74) is 2.17. The van der Waals surface area contributed by atoms with Crippen LogP contribution in [-0.2, 0) is 14.8 Å². The fourth-order valence-corrected chi connectivity index (χ4v) is 5.06. The van der Waals surface area contributed by atoms with Crippen LogP contribution in [0.5, 0.6) is 0 Å². The first-order chi connectivity index (χ1) is 12.4. The Balaban J connectivity index is 2.45. The van der Waals surface area contributed by atoms with Crippen LogP contribution in [0.1, 0.15) is 25.0 Å². The quantitative estimate of drug-likeness (QED) is 0.869. The van der Waals surface area contributed by atoms with Crippen molar-refractivity contribution in [2.24, 2.45) is 0 Å². The van der Waals surface area contributed by atoms with Crippen molar-refractivity contribution in [3.8, 4) is 0 Å². The Kier molecular flexibility index (Phi) is 5.07. The molecule has 0 bridgehead atoms. The molecule has 0 saturated carbocycles. The summed E-state index contributed by atoms with van der Waals surface area (Å²) in [6.45, 7) is 4.02. The number of nitrogens with one attached hydrogen (secondary N) is 1. The molecule has 1 amide bonds. The molecule has 0 atom stereocenters. The first-order valence-electron chi connectivity index (χ1n) is 8.32. The van der Waals surface area contributed by atoms with Crippen molar-refractivity contribution in [1.29, 1.82) is 0 Å². The van der Waals surface area contributed by atoms with Crippen LogP contribution >= 0.6 is 11.6 Å². The van der Waals surface area contributed by atoms with Crippen LogP contribution in [0, 0.1) is 0 Å². The number of hydrogen-bond donors (Lipinski definition) is 1. The van der Waals surface area contributed by atoms with Crippen molar-refractivity contribution in [1.82, 2.24) is 5.32 Å². The smallest absolute Gasteiger partial charge is 0.270 e. The van der Waals surface area contributed by atoms with Gasteiger partial charge in [0.15, 0.2) is 4.91 Å². The number of likely N-dealkylation sites (N-methyl/N-ethyl adjacent to an activating group) is 1. The zero-order chi connectivity index (χ0) is 18.9. The molecule has 0 spiro atoms. The molecule has 1 aliphatic heterocycles. The summed E-state index contributed by atoms with van der Waals surface area (Å²) in [6.07, 6.45) is 0. The summed E-state index contributed by atoms with van der Waals surface area (Å²) < 4.78 is 27.8. The third-order valence-electron chi connectivity index (χ3n) is 4.17. The molecular formula is C19H19ClN2O3S. The highest BCUT2D eigenvalue weighted by Gasteiger charge is 2.40. The molecule has 1 N–H and O–H groups in total. The summed E-state index contributed by atoms with van der Waals surface area (Å²) in [4.78, 5) is 12.5. The van der Waals surface area contributed by atoms with E-state index in [1.165, 1.54) is 4.31 Å².